The molecule has 2 atom stereocenters. The Morgan fingerprint density at radius 2 is 2.06 bits per heavy atom. The fraction of sp³-hybridized carbons (Fsp3) is 1.00. The molecule has 0 saturated heterocycles. The molecule has 1 rings (SSSR count). The van der Waals surface area contributed by atoms with Crippen LogP contribution in [-0.2, 0) is 4.74 Å². The van der Waals surface area contributed by atoms with Crippen LogP contribution in [0.2, 0.25) is 0 Å². The summed E-state index contributed by atoms with van der Waals surface area (Å²) in [6, 6.07) is 0. The second kappa shape index (κ2) is 6.73. The number of rotatable bonds is 6. The van der Waals surface area contributed by atoms with Crippen LogP contribution in [-0.4, -0.2) is 37.1 Å². The molecule has 0 radical (unpaired) electrons. The number of aliphatic hydroxyl groups excluding tert-OH is 1. The third-order valence-corrected chi connectivity index (χ3v) is 3.74. The highest BCUT2D eigenvalue weighted by Crippen LogP contribution is 2.39. The number of nitrogens with two attached hydrogens (primary N) is 1. The molecule has 1 aliphatic carbocycles. The fourth-order valence-electron chi connectivity index (χ4n) is 2.63. The van der Waals surface area contributed by atoms with Gasteiger partial charge in [0.15, 0.2) is 0 Å². The zero-order valence-electron chi connectivity index (χ0n) is 10.5. The van der Waals surface area contributed by atoms with E-state index in [9.17, 15) is 18.3 Å². The van der Waals surface area contributed by atoms with E-state index < -0.39 is 18.9 Å². The first-order valence-corrected chi connectivity index (χ1v) is 6.42. The van der Waals surface area contributed by atoms with Crippen LogP contribution in [0, 0.1) is 5.41 Å². The molecule has 1 fully saturated rings. The van der Waals surface area contributed by atoms with Crippen LogP contribution in [0.1, 0.15) is 38.5 Å². The lowest BCUT2D eigenvalue weighted by atomic mass is 9.69. The van der Waals surface area contributed by atoms with Gasteiger partial charge in [-0.05, 0) is 25.7 Å². The zero-order valence-corrected chi connectivity index (χ0v) is 10.5. The smallest absolute Gasteiger partial charge is 0.393 e. The van der Waals surface area contributed by atoms with Gasteiger partial charge in [0.25, 0.3) is 0 Å². The third kappa shape index (κ3) is 4.74. The largest absolute Gasteiger partial charge is 0.411 e. The maximum Gasteiger partial charge on any atom is 0.411 e. The summed E-state index contributed by atoms with van der Waals surface area (Å²) in [5, 5.41) is 10.0. The van der Waals surface area contributed by atoms with Gasteiger partial charge in [-0.15, -0.1) is 0 Å². The molecule has 0 heterocycles. The molecule has 108 valence electrons. The summed E-state index contributed by atoms with van der Waals surface area (Å²) >= 11 is 0. The first-order valence-electron chi connectivity index (χ1n) is 6.42. The molecular formula is C12H22F3NO2. The van der Waals surface area contributed by atoms with E-state index >= 15 is 0 Å². The molecule has 2 unspecified atom stereocenters. The maximum absolute atomic E-state index is 11.9. The molecule has 3 N–H and O–H groups in total. The molecule has 0 bridgehead atoms. The van der Waals surface area contributed by atoms with E-state index in [4.69, 9.17) is 5.73 Å². The number of hydrogen-bond acceptors (Lipinski definition) is 3. The predicted molar refractivity (Wildman–Crippen MR) is 62.1 cm³/mol. The quantitative estimate of drug-likeness (QED) is 0.727. The van der Waals surface area contributed by atoms with Gasteiger partial charge in [0.05, 0.1) is 6.10 Å². The number of ether oxygens (including phenoxy) is 1. The molecule has 0 spiro atoms. The second-order valence-corrected chi connectivity index (χ2v) is 5.10. The molecule has 1 aliphatic rings. The van der Waals surface area contributed by atoms with Gasteiger partial charge in [-0.1, -0.05) is 12.8 Å². The number of alkyl halides is 3. The SMILES string of the molecule is NCC1(CCCOCC(F)(F)F)CCCCC1O. The minimum Gasteiger partial charge on any atom is -0.393 e. The summed E-state index contributed by atoms with van der Waals surface area (Å²) in [5.74, 6) is 0. The lowest BCUT2D eigenvalue weighted by Crippen LogP contribution is -2.44. The van der Waals surface area contributed by atoms with Crippen molar-refractivity contribution >= 4 is 0 Å². The summed E-state index contributed by atoms with van der Waals surface area (Å²) in [7, 11) is 0. The van der Waals surface area contributed by atoms with Crippen molar-refractivity contribution in [2.45, 2.75) is 50.8 Å². The van der Waals surface area contributed by atoms with E-state index in [1.165, 1.54) is 0 Å². The first-order chi connectivity index (χ1) is 8.40. The molecule has 0 aromatic carbocycles. The summed E-state index contributed by atoms with van der Waals surface area (Å²) in [6.45, 7) is -0.757. The standard InChI is InChI=1S/C12H22F3NO2/c13-12(14,15)9-18-7-3-6-11(8-16)5-2-1-4-10(11)17/h10,17H,1-9,16H2. The Labute approximate surface area is 105 Å². The van der Waals surface area contributed by atoms with Gasteiger partial charge >= 0.3 is 6.18 Å². The number of hydrogen-bond donors (Lipinski definition) is 2. The molecule has 0 aliphatic heterocycles. The van der Waals surface area contributed by atoms with Crippen molar-refractivity contribution in [3.8, 4) is 0 Å². The van der Waals surface area contributed by atoms with E-state index in [-0.39, 0.29) is 12.0 Å². The van der Waals surface area contributed by atoms with Gasteiger partial charge in [0.2, 0.25) is 0 Å². The van der Waals surface area contributed by atoms with Crippen molar-refractivity contribution in [3.63, 3.8) is 0 Å². The Hall–Kier alpha value is -0.330. The van der Waals surface area contributed by atoms with E-state index in [2.05, 4.69) is 4.74 Å². The molecule has 0 aromatic rings. The van der Waals surface area contributed by atoms with E-state index in [0.717, 1.165) is 25.7 Å². The van der Waals surface area contributed by atoms with Crippen LogP contribution in [0.25, 0.3) is 0 Å². The zero-order chi connectivity index (χ0) is 13.6. The highest BCUT2D eigenvalue weighted by atomic mass is 19.4. The minimum atomic E-state index is -4.27. The van der Waals surface area contributed by atoms with Crippen LogP contribution in [0.15, 0.2) is 0 Å². The van der Waals surface area contributed by atoms with Crippen LogP contribution in [0.3, 0.4) is 0 Å². The van der Waals surface area contributed by atoms with E-state index in [1.54, 1.807) is 0 Å². The van der Waals surface area contributed by atoms with Gasteiger partial charge < -0.3 is 15.6 Å². The summed E-state index contributed by atoms with van der Waals surface area (Å²) in [6.07, 6.45) is 0.0391. The normalized spacial score (nSPS) is 29.5. The van der Waals surface area contributed by atoms with Crippen molar-refractivity contribution in [2.75, 3.05) is 19.8 Å². The number of aliphatic hydroxyl groups is 1. The highest BCUT2D eigenvalue weighted by Gasteiger charge is 2.38. The van der Waals surface area contributed by atoms with E-state index in [1.807, 2.05) is 0 Å². The molecule has 1 saturated carbocycles. The molecule has 0 amide bonds. The van der Waals surface area contributed by atoms with Crippen LogP contribution in [0.5, 0.6) is 0 Å². The lowest BCUT2D eigenvalue weighted by molar-refractivity contribution is -0.174. The van der Waals surface area contributed by atoms with Crippen molar-refractivity contribution in [3.05, 3.63) is 0 Å². The topological polar surface area (TPSA) is 55.5 Å². The third-order valence-electron chi connectivity index (χ3n) is 3.74. The average Bonchev–Trinajstić information content (AvgIpc) is 2.30. The Morgan fingerprint density at radius 3 is 2.61 bits per heavy atom. The van der Waals surface area contributed by atoms with Gasteiger partial charge in [0, 0.05) is 18.6 Å². The van der Waals surface area contributed by atoms with Gasteiger partial charge in [-0.25, -0.2) is 0 Å². The van der Waals surface area contributed by atoms with E-state index in [0.29, 0.717) is 19.4 Å². The van der Waals surface area contributed by atoms with Crippen LogP contribution in [0.4, 0.5) is 13.2 Å². The lowest BCUT2D eigenvalue weighted by Gasteiger charge is -2.41. The average molecular weight is 269 g/mol. The maximum atomic E-state index is 11.9. The Balaban J connectivity index is 2.27. The minimum absolute atomic E-state index is 0.0635. The van der Waals surface area contributed by atoms with Gasteiger partial charge in [0.1, 0.15) is 6.61 Å². The van der Waals surface area contributed by atoms with Crippen molar-refractivity contribution in [2.24, 2.45) is 11.1 Å². The summed E-state index contributed by atoms with van der Waals surface area (Å²) in [5.41, 5.74) is 5.41. The molecule has 6 heteroatoms. The Kier molecular flexibility index (Phi) is 5.88. The summed E-state index contributed by atoms with van der Waals surface area (Å²) < 4.78 is 40.1. The molecule has 3 nitrogen and oxygen atoms in total. The second-order valence-electron chi connectivity index (χ2n) is 5.10. The van der Waals surface area contributed by atoms with Crippen molar-refractivity contribution < 1.29 is 23.0 Å². The first kappa shape index (κ1) is 15.7. The molecule has 18 heavy (non-hydrogen) atoms. The Morgan fingerprint density at radius 1 is 1.33 bits per heavy atom. The monoisotopic (exact) mass is 269 g/mol. The molecule has 0 aromatic heterocycles. The fourth-order valence-corrected chi connectivity index (χ4v) is 2.63. The van der Waals surface area contributed by atoms with Crippen molar-refractivity contribution in [1.82, 2.24) is 0 Å². The number of halogens is 3. The van der Waals surface area contributed by atoms with Gasteiger partial charge in [-0.2, -0.15) is 13.2 Å². The predicted octanol–water partition coefficient (Wildman–Crippen LogP) is 2.23. The Bertz CT molecular complexity index is 248. The molecular weight excluding hydrogens is 247 g/mol. The summed E-state index contributed by atoms with van der Waals surface area (Å²) in [4.78, 5) is 0. The van der Waals surface area contributed by atoms with Crippen LogP contribution >= 0.6 is 0 Å². The van der Waals surface area contributed by atoms with Crippen molar-refractivity contribution in [1.29, 1.82) is 0 Å². The van der Waals surface area contributed by atoms with Gasteiger partial charge in [-0.3, -0.25) is 0 Å². The van der Waals surface area contributed by atoms with Crippen LogP contribution < -0.4 is 5.73 Å². The highest BCUT2D eigenvalue weighted by molar-refractivity contribution is 4.90.